The summed E-state index contributed by atoms with van der Waals surface area (Å²) in [7, 11) is 0. The van der Waals surface area contributed by atoms with Gasteiger partial charge < -0.3 is 5.11 Å². The van der Waals surface area contributed by atoms with E-state index in [9.17, 15) is 9.18 Å². The Balaban J connectivity index is 2.16. The van der Waals surface area contributed by atoms with Crippen LogP contribution in [0.25, 0.3) is 0 Å². The maximum Gasteiger partial charge on any atom is 0.335 e. The van der Waals surface area contributed by atoms with E-state index < -0.39 is 11.8 Å². The van der Waals surface area contributed by atoms with Gasteiger partial charge in [0, 0.05) is 10.6 Å². The van der Waals surface area contributed by atoms with Crippen LogP contribution in [0.4, 0.5) is 4.39 Å². The molecule has 104 valence electrons. The van der Waals surface area contributed by atoms with Gasteiger partial charge in [-0.2, -0.15) is 0 Å². The molecule has 0 radical (unpaired) electrons. The normalized spacial score (nSPS) is 10.6. The molecule has 0 saturated heterocycles. The van der Waals surface area contributed by atoms with E-state index in [2.05, 4.69) is 6.07 Å². The second-order valence-electron chi connectivity index (χ2n) is 4.71. The molecule has 0 bridgehead atoms. The predicted molar refractivity (Wildman–Crippen MR) is 78.8 cm³/mol. The summed E-state index contributed by atoms with van der Waals surface area (Å²) in [6.45, 7) is 4.07. The number of carboxylic acid groups (broad SMARTS) is 1. The van der Waals surface area contributed by atoms with Crippen molar-refractivity contribution in [3.8, 4) is 0 Å². The zero-order chi connectivity index (χ0) is 14.7. The highest BCUT2D eigenvalue weighted by molar-refractivity contribution is 7.98. The van der Waals surface area contributed by atoms with Crippen molar-refractivity contribution in [2.24, 2.45) is 0 Å². The Labute approximate surface area is 121 Å². The fourth-order valence-electron chi connectivity index (χ4n) is 1.98. The Morgan fingerprint density at radius 3 is 2.60 bits per heavy atom. The number of hydrogen-bond donors (Lipinski definition) is 1. The monoisotopic (exact) mass is 290 g/mol. The van der Waals surface area contributed by atoms with Crippen molar-refractivity contribution in [2.45, 2.75) is 24.5 Å². The van der Waals surface area contributed by atoms with E-state index in [1.807, 2.05) is 26.0 Å². The molecule has 0 spiro atoms. The molecule has 0 aliphatic carbocycles. The molecule has 0 saturated carbocycles. The molecule has 0 fully saturated rings. The number of benzene rings is 2. The number of rotatable bonds is 4. The summed E-state index contributed by atoms with van der Waals surface area (Å²) in [6, 6.07) is 10.1. The van der Waals surface area contributed by atoms with Crippen LogP contribution in [0.15, 0.2) is 41.3 Å². The lowest BCUT2D eigenvalue weighted by molar-refractivity contribution is 0.0696. The fraction of sp³-hybridized carbons (Fsp3) is 0.188. The summed E-state index contributed by atoms with van der Waals surface area (Å²) < 4.78 is 13.4. The van der Waals surface area contributed by atoms with Crippen LogP contribution in [0.2, 0.25) is 0 Å². The topological polar surface area (TPSA) is 37.3 Å². The highest BCUT2D eigenvalue weighted by Crippen LogP contribution is 2.27. The minimum Gasteiger partial charge on any atom is -0.478 e. The van der Waals surface area contributed by atoms with Gasteiger partial charge in [0.2, 0.25) is 0 Å². The maximum absolute atomic E-state index is 13.4. The fourth-order valence-corrected chi connectivity index (χ4v) is 2.92. The molecule has 0 unspecified atom stereocenters. The lowest BCUT2D eigenvalue weighted by atomic mass is 10.1. The summed E-state index contributed by atoms with van der Waals surface area (Å²) in [5, 5.41) is 8.92. The van der Waals surface area contributed by atoms with Crippen LogP contribution < -0.4 is 0 Å². The molecule has 2 rings (SSSR count). The first-order valence-electron chi connectivity index (χ1n) is 6.18. The Kier molecular flexibility index (Phi) is 4.45. The van der Waals surface area contributed by atoms with Gasteiger partial charge in [-0.3, -0.25) is 0 Å². The lowest BCUT2D eigenvalue weighted by Gasteiger charge is -2.07. The van der Waals surface area contributed by atoms with Gasteiger partial charge in [-0.25, -0.2) is 9.18 Å². The van der Waals surface area contributed by atoms with Gasteiger partial charge in [0.1, 0.15) is 5.82 Å². The van der Waals surface area contributed by atoms with Gasteiger partial charge in [0.25, 0.3) is 0 Å². The van der Waals surface area contributed by atoms with Gasteiger partial charge in [-0.05, 0) is 49.2 Å². The molecule has 0 aliphatic heterocycles. The van der Waals surface area contributed by atoms with Gasteiger partial charge in [-0.15, -0.1) is 11.8 Å². The first kappa shape index (κ1) is 14.6. The highest BCUT2D eigenvalue weighted by Gasteiger charge is 2.08. The molecule has 0 atom stereocenters. The number of carbonyl (C=O) groups is 1. The molecule has 0 aromatic heterocycles. The molecule has 0 heterocycles. The van der Waals surface area contributed by atoms with E-state index in [1.165, 1.54) is 23.3 Å². The van der Waals surface area contributed by atoms with E-state index in [4.69, 9.17) is 5.11 Å². The standard InChI is InChI=1S/C16H15FO2S/c1-10-3-4-15(11(2)5-10)20-9-12-6-13(16(18)19)8-14(17)7-12/h3-8H,9H2,1-2H3,(H,18,19). The number of carboxylic acids is 1. The molecule has 4 heteroatoms. The third-order valence-corrected chi connectivity index (χ3v) is 4.18. The van der Waals surface area contributed by atoms with E-state index in [1.54, 1.807) is 11.8 Å². The van der Waals surface area contributed by atoms with Crippen molar-refractivity contribution in [2.75, 3.05) is 0 Å². The summed E-state index contributed by atoms with van der Waals surface area (Å²) in [5.74, 6) is -1.08. The molecular weight excluding hydrogens is 275 g/mol. The zero-order valence-electron chi connectivity index (χ0n) is 11.3. The quantitative estimate of drug-likeness (QED) is 0.846. The van der Waals surface area contributed by atoms with Crippen LogP contribution in [0, 0.1) is 19.7 Å². The van der Waals surface area contributed by atoms with Crippen molar-refractivity contribution in [1.82, 2.24) is 0 Å². The smallest absolute Gasteiger partial charge is 0.335 e. The summed E-state index contributed by atoms with van der Waals surface area (Å²) in [4.78, 5) is 12.0. The zero-order valence-corrected chi connectivity index (χ0v) is 12.1. The number of aromatic carboxylic acids is 1. The van der Waals surface area contributed by atoms with Crippen LogP contribution in [0.5, 0.6) is 0 Å². The molecule has 0 aliphatic rings. The summed E-state index contributed by atoms with van der Waals surface area (Å²) in [5.41, 5.74) is 3.03. The van der Waals surface area contributed by atoms with Crippen molar-refractivity contribution in [3.63, 3.8) is 0 Å². The van der Waals surface area contributed by atoms with Gasteiger partial charge in [0.05, 0.1) is 5.56 Å². The van der Waals surface area contributed by atoms with E-state index in [0.717, 1.165) is 11.0 Å². The number of aryl methyl sites for hydroxylation is 2. The summed E-state index contributed by atoms with van der Waals surface area (Å²) in [6.07, 6.45) is 0. The van der Waals surface area contributed by atoms with Gasteiger partial charge in [-0.1, -0.05) is 17.7 Å². The second-order valence-corrected chi connectivity index (χ2v) is 5.73. The molecular formula is C16H15FO2S. The molecule has 1 N–H and O–H groups in total. The summed E-state index contributed by atoms with van der Waals surface area (Å²) >= 11 is 1.58. The van der Waals surface area contributed by atoms with Crippen molar-refractivity contribution < 1.29 is 14.3 Å². The van der Waals surface area contributed by atoms with E-state index in [-0.39, 0.29) is 5.56 Å². The Hall–Kier alpha value is -1.81. The average molecular weight is 290 g/mol. The molecule has 0 amide bonds. The van der Waals surface area contributed by atoms with Gasteiger partial charge >= 0.3 is 5.97 Å². The minimum absolute atomic E-state index is 0.0128. The van der Waals surface area contributed by atoms with E-state index >= 15 is 0 Å². The van der Waals surface area contributed by atoms with E-state index in [0.29, 0.717) is 11.3 Å². The minimum atomic E-state index is -1.11. The molecule has 2 aromatic rings. The van der Waals surface area contributed by atoms with Crippen LogP contribution in [-0.4, -0.2) is 11.1 Å². The molecule has 2 aromatic carbocycles. The average Bonchev–Trinajstić information content (AvgIpc) is 2.37. The van der Waals surface area contributed by atoms with Crippen molar-refractivity contribution >= 4 is 17.7 Å². The van der Waals surface area contributed by atoms with Crippen molar-refractivity contribution in [3.05, 3.63) is 64.5 Å². The third-order valence-electron chi connectivity index (χ3n) is 2.93. The number of thioether (sulfide) groups is 1. The van der Waals surface area contributed by atoms with Crippen LogP contribution in [-0.2, 0) is 5.75 Å². The Morgan fingerprint density at radius 1 is 1.20 bits per heavy atom. The SMILES string of the molecule is Cc1ccc(SCc2cc(F)cc(C(=O)O)c2)c(C)c1. The first-order valence-corrected chi connectivity index (χ1v) is 7.17. The predicted octanol–water partition coefficient (Wildman–Crippen LogP) is 4.43. The van der Waals surface area contributed by atoms with Crippen LogP contribution >= 0.6 is 11.8 Å². The first-order chi connectivity index (χ1) is 9.45. The van der Waals surface area contributed by atoms with Gasteiger partial charge in [0.15, 0.2) is 0 Å². The second kappa shape index (κ2) is 6.09. The van der Waals surface area contributed by atoms with Crippen LogP contribution in [0.3, 0.4) is 0 Å². The molecule has 20 heavy (non-hydrogen) atoms. The Morgan fingerprint density at radius 2 is 1.95 bits per heavy atom. The number of halogens is 1. The van der Waals surface area contributed by atoms with Crippen molar-refractivity contribution in [1.29, 1.82) is 0 Å². The highest BCUT2D eigenvalue weighted by atomic mass is 32.2. The largest absolute Gasteiger partial charge is 0.478 e. The Bertz CT molecular complexity index is 653. The molecule has 2 nitrogen and oxygen atoms in total. The third kappa shape index (κ3) is 3.61. The number of hydrogen-bond acceptors (Lipinski definition) is 2. The lowest BCUT2D eigenvalue weighted by Crippen LogP contribution is -1.98. The van der Waals surface area contributed by atoms with Crippen LogP contribution in [0.1, 0.15) is 27.0 Å². The maximum atomic E-state index is 13.4.